The Kier molecular flexibility index (Phi) is 6.75. The van der Waals surface area contributed by atoms with Crippen LogP contribution in [0.1, 0.15) is 29.3 Å². The highest BCUT2D eigenvalue weighted by Crippen LogP contribution is 2.03. The van der Waals surface area contributed by atoms with E-state index in [0.29, 0.717) is 5.56 Å². The van der Waals surface area contributed by atoms with Crippen LogP contribution in [-0.2, 0) is 6.54 Å². The van der Waals surface area contributed by atoms with E-state index in [9.17, 15) is 4.79 Å². The van der Waals surface area contributed by atoms with Crippen molar-refractivity contribution in [3.63, 3.8) is 0 Å². The van der Waals surface area contributed by atoms with Gasteiger partial charge in [0.15, 0.2) is 0 Å². The van der Waals surface area contributed by atoms with Gasteiger partial charge >= 0.3 is 5.97 Å². The molecule has 0 heterocycles. The molecule has 0 aliphatic carbocycles. The molecule has 0 radical (unpaired) electrons. The second-order valence-corrected chi connectivity index (χ2v) is 3.18. The Bertz CT molecular complexity index is 298. The van der Waals surface area contributed by atoms with E-state index in [4.69, 9.17) is 5.11 Å². The maximum Gasteiger partial charge on any atom is 0.335 e. The number of carboxylic acid groups (broad SMARTS) is 1. The number of benzene rings is 1. The third-order valence-corrected chi connectivity index (χ3v) is 1.96. The molecule has 1 aromatic carbocycles. The number of aromatic carboxylic acids is 1. The third kappa shape index (κ3) is 4.81. The molecule has 1 aromatic rings. The van der Waals surface area contributed by atoms with Crippen LogP contribution in [0.25, 0.3) is 0 Å². The van der Waals surface area contributed by atoms with Crippen molar-refractivity contribution in [2.24, 2.45) is 0 Å². The Hall–Kier alpha value is -1.06. The van der Waals surface area contributed by atoms with Crippen molar-refractivity contribution >= 4 is 18.4 Å². The summed E-state index contributed by atoms with van der Waals surface area (Å²) in [6, 6.07) is 6.94. The van der Waals surface area contributed by atoms with E-state index in [1.54, 1.807) is 12.1 Å². The maximum absolute atomic E-state index is 10.6. The van der Waals surface area contributed by atoms with Crippen LogP contribution in [0.5, 0.6) is 0 Å². The monoisotopic (exact) mass is 229 g/mol. The van der Waals surface area contributed by atoms with E-state index in [0.717, 1.165) is 25.1 Å². The molecule has 0 bridgehead atoms. The minimum absolute atomic E-state index is 0. The van der Waals surface area contributed by atoms with Crippen molar-refractivity contribution in [1.82, 2.24) is 5.32 Å². The van der Waals surface area contributed by atoms with E-state index in [1.807, 2.05) is 12.1 Å². The first kappa shape index (κ1) is 13.9. The summed E-state index contributed by atoms with van der Waals surface area (Å²) in [5, 5.41) is 11.9. The lowest BCUT2D eigenvalue weighted by atomic mass is 10.1. The molecule has 0 saturated heterocycles. The molecule has 1 rings (SSSR count). The molecule has 4 heteroatoms. The Morgan fingerprint density at radius 2 is 1.93 bits per heavy atom. The van der Waals surface area contributed by atoms with E-state index < -0.39 is 5.97 Å². The highest BCUT2D eigenvalue weighted by Gasteiger charge is 2.00. The quantitative estimate of drug-likeness (QED) is 0.762. The summed E-state index contributed by atoms with van der Waals surface area (Å²) in [6.45, 7) is 3.90. The van der Waals surface area contributed by atoms with Gasteiger partial charge in [-0.05, 0) is 30.7 Å². The van der Waals surface area contributed by atoms with Gasteiger partial charge in [-0.15, -0.1) is 12.4 Å². The summed E-state index contributed by atoms with van der Waals surface area (Å²) in [5.74, 6) is -0.877. The number of carboxylic acids is 1. The molecule has 0 aromatic heterocycles. The third-order valence-electron chi connectivity index (χ3n) is 1.96. The standard InChI is InChI=1S/C11H15NO2.ClH/c1-2-7-12-8-9-3-5-10(6-4-9)11(13)14;/h3-6,12H,2,7-8H2,1H3,(H,13,14);1H. The van der Waals surface area contributed by atoms with E-state index in [2.05, 4.69) is 12.2 Å². The van der Waals surface area contributed by atoms with Crippen molar-refractivity contribution in [1.29, 1.82) is 0 Å². The van der Waals surface area contributed by atoms with E-state index in [-0.39, 0.29) is 12.4 Å². The molecular weight excluding hydrogens is 214 g/mol. The molecule has 3 nitrogen and oxygen atoms in total. The summed E-state index contributed by atoms with van der Waals surface area (Å²) in [7, 11) is 0. The minimum Gasteiger partial charge on any atom is -0.478 e. The zero-order valence-corrected chi connectivity index (χ0v) is 9.51. The van der Waals surface area contributed by atoms with Gasteiger partial charge in [0.2, 0.25) is 0 Å². The average molecular weight is 230 g/mol. The van der Waals surface area contributed by atoms with Crippen LogP contribution in [0.4, 0.5) is 0 Å². The summed E-state index contributed by atoms with van der Waals surface area (Å²) in [6.07, 6.45) is 1.10. The zero-order valence-electron chi connectivity index (χ0n) is 8.69. The molecule has 0 aliphatic rings. The number of nitrogens with one attached hydrogen (secondary N) is 1. The van der Waals surface area contributed by atoms with Crippen molar-refractivity contribution < 1.29 is 9.90 Å². The van der Waals surface area contributed by atoms with Crippen molar-refractivity contribution in [2.45, 2.75) is 19.9 Å². The van der Waals surface area contributed by atoms with Crippen LogP contribution in [0.2, 0.25) is 0 Å². The van der Waals surface area contributed by atoms with Gasteiger partial charge in [-0.25, -0.2) is 4.79 Å². The number of hydrogen-bond donors (Lipinski definition) is 2. The summed E-state index contributed by atoms with van der Waals surface area (Å²) in [5.41, 5.74) is 1.45. The Balaban J connectivity index is 0.00000196. The summed E-state index contributed by atoms with van der Waals surface area (Å²) >= 11 is 0. The van der Waals surface area contributed by atoms with E-state index in [1.165, 1.54) is 0 Å². The van der Waals surface area contributed by atoms with Gasteiger partial charge in [-0.3, -0.25) is 0 Å². The number of hydrogen-bond acceptors (Lipinski definition) is 2. The lowest BCUT2D eigenvalue weighted by molar-refractivity contribution is 0.0697. The van der Waals surface area contributed by atoms with Crippen LogP contribution in [-0.4, -0.2) is 17.6 Å². The van der Waals surface area contributed by atoms with Gasteiger partial charge in [-0.2, -0.15) is 0 Å². The molecule has 0 amide bonds. The normalized spacial score (nSPS) is 9.40. The molecule has 2 N–H and O–H groups in total. The van der Waals surface area contributed by atoms with Gasteiger partial charge in [-0.1, -0.05) is 19.1 Å². The summed E-state index contributed by atoms with van der Waals surface area (Å²) < 4.78 is 0. The molecule has 15 heavy (non-hydrogen) atoms. The molecule has 0 saturated carbocycles. The lowest BCUT2D eigenvalue weighted by Gasteiger charge is -2.03. The molecular formula is C11H16ClNO2. The largest absolute Gasteiger partial charge is 0.478 e. The minimum atomic E-state index is -0.877. The fourth-order valence-electron chi connectivity index (χ4n) is 1.17. The van der Waals surface area contributed by atoms with Crippen LogP contribution in [0.3, 0.4) is 0 Å². The topological polar surface area (TPSA) is 49.3 Å². The molecule has 0 fully saturated rings. The number of halogens is 1. The van der Waals surface area contributed by atoms with Crippen LogP contribution in [0, 0.1) is 0 Å². The highest BCUT2D eigenvalue weighted by atomic mass is 35.5. The number of carbonyl (C=O) groups is 1. The molecule has 0 atom stereocenters. The van der Waals surface area contributed by atoms with Gasteiger partial charge in [0.25, 0.3) is 0 Å². The molecule has 0 unspecified atom stereocenters. The van der Waals surface area contributed by atoms with Gasteiger partial charge in [0.05, 0.1) is 5.56 Å². The first-order valence-electron chi connectivity index (χ1n) is 4.77. The van der Waals surface area contributed by atoms with Gasteiger partial charge < -0.3 is 10.4 Å². The smallest absolute Gasteiger partial charge is 0.335 e. The first-order chi connectivity index (χ1) is 6.74. The Morgan fingerprint density at radius 1 is 1.33 bits per heavy atom. The zero-order chi connectivity index (χ0) is 10.4. The predicted octanol–water partition coefficient (Wildman–Crippen LogP) is 2.31. The fourth-order valence-corrected chi connectivity index (χ4v) is 1.17. The van der Waals surface area contributed by atoms with Crippen LogP contribution < -0.4 is 5.32 Å². The Morgan fingerprint density at radius 3 is 2.40 bits per heavy atom. The Labute approximate surface area is 95.9 Å². The van der Waals surface area contributed by atoms with Crippen molar-refractivity contribution in [2.75, 3.05) is 6.54 Å². The van der Waals surface area contributed by atoms with Crippen molar-refractivity contribution in [3.05, 3.63) is 35.4 Å². The molecule has 0 aliphatic heterocycles. The highest BCUT2D eigenvalue weighted by molar-refractivity contribution is 5.87. The van der Waals surface area contributed by atoms with Crippen LogP contribution in [0.15, 0.2) is 24.3 Å². The maximum atomic E-state index is 10.6. The second kappa shape index (κ2) is 7.26. The lowest BCUT2D eigenvalue weighted by Crippen LogP contribution is -2.13. The SMILES string of the molecule is CCCNCc1ccc(C(=O)O)cc1.Cl. The van der Waals surface area contributed by atoms with E-state index >= 15 is 0 Å². The summed E-state index contributed by atoms with van der Waals surface area (Å²) in [4.78, 5) is 10.6. The average Bonchev–Trinajstić information content (AvgIpc) is 2.19. The van der Waals surface area contributed by atoms with Gasteiger partial charge in [0.1, 0.15) is 0 Å². The first-order valence-corrected chi connectivity index (χ1v) is 4.77. The number of rotatable bonds is 5. The van der Waals surface area contributed by atoms with Crippen molar-refractivity contribution in [3.8, 4) is 0 Å². The molecule has 0 spiro atoms. The molecule has 84 valence electrons. The van der Waals surface area contributed by atoms with Gasteiger partial charge in [0, 0.05) is 6.54 Å². The second-order valence-electron chi connectivity index (χ2n) is 3.18. The fraction of sp³-hybridized carbons (Fsp3) is 0.364. The van der Waals surface area contributed by atoms with Crippen LogP contribution >= 0.6 is 12.4 Å². The predicted molar refractivity (Wildman–Crippen MR) is 62.6 cm³/mol.